The van der Waals surface area contributed by atoms with Gasteiger partial charge in [0.05, 0.1) is 6.04 Å². The summed E-state index contributed by atoms with van der Waals surface area (Å²) in [6, 6.07) is 18.9. The second kappa shape index (κ2) is 9.34. The van der Waals surface area contributed by atoms with E-state index in [0.29, 0.717) is 18.2 Å². The van der Waals surface area contributed by atoms with Crippen molar-refractivity contribution >= 4 is 23.0 Å². The predicted octanol–water partition coefficient (Wildman–Crippen LogP) is 3.32. The second-order valence-electron chi connectivity index (χ2n) is 6.32. The van der Waals surface area contributed by atoms with Gasteiger partial charge in [-0.2, -0.15) is 0 Å². The summed E-state index contributed by atoms with van der Waals surface area (Å²) >= 11 is -1.01. The van der Waals surface area contributed by atoms with Gasteiger partial charge in [0, 0.05) is 12.7 Å². The molecule has 3 rings (SSSR count). The molecule has 6 nitrogen and oxygen atoms in total. The van der Waals surface area contributed by atoms with Gasteiger partial charge in [0.2, 0.25) is 5.95 Å². The van der Waals surface area contributed by atoms with E-state index >= 15 is 0 Å². The van der Waals surface area contributed by atoms with Gasteiger partial charge in [0.25, 0.3) is 5.91 Å². The number of benzene rings is 2. The van der Waals surface area contributed by atoms with Crippen LogP contribution in [0.5, 0.6) is 0 Å². The fourth-order valence-corrected chi connectivity index (χ4v) is 3.16. The lowest BCUT2D eigenvalue weighted by molar-refractivity contribution is 0.0946. The molecule has 2 atom stereocenters. The van der Waals surface area contributed by atoms with Gasteiger partial charge in [-0.15, -0.1) is 0 Å². The zero-order valence-corrected chi connectivity index (χ0v) is 16.6. The lowest BCUT2D eigenvalue weighted by Crippen LogP contribution is -2.24. The SMILES string of the molecule is C[C@H](Nc1nccc(C(=O)NCc2ccc([S+](C)[O-])cc2)n1)c1ccccc1. The summed E-state index contributed by atoms with van der Waals surface area (Å²) in [7, 11) is 0. The first-order valence-electron chi connectivity index (χ1n) is 8.88. The molecular formula is C21H22N4O2S. The van der Waals surface area contributed by atoms with E-state index in [-0.39, 0.29) is 11.9 Å². The van der Waals surface area contributed by atoms with Crippen molar-refractivity contribution in [1.29, 1.82) is 0 Å². The molecule has 7 heteroatoms. The average molecular weight is 395 g/mol. The van der Waals surface area contributed by atoms with Gasteiger partial charge in [0.15, 0.2) is 4.90 Å². The number of nitrogens with zero attached hydrogens (tertiary/aromatic N) is 2. The first-order chi connectivity index (χ1) is 13.5. The molecule has 1 heterocycles. The summed E-state index contributed by atoms with van der Waals surface area (Å²) in [6.45, 7) is 2.38. The number of hydrogen-bond acceptors (Lipinski definition) is 5. The molecule has 0 spiro atoms. The highest BCUT2D eigenvalue weighted by Crippen LogP contribution is 2.16. The number of nitrogens with one attached hydrogen (secondary N) is 2. The van der Waals surface area contributed by atoms with Gasteiger partial charge in [-0.3, -0.25) is 4.79 Å². The predicted molar refractivity (Wildman–Crippen MR) is 110 cm³/mol. The van der Waals surface area contributed by atoms with E-state index in [2.05, 4.69) is 20.6 Å². The summed E-state index contributed by atoms with van der Waals surface area (Å²) in [5, 5.41) is 6.06. The van der Waals surface area contributed by atoms with Crippen LogP contribution in [0.15, 0.2) is 71.8 Å². The number of hydrogen-bond donors (Lipinski definition) is 2. The molecule has 1 aromatic heterocycles. The van der Waals surface area contributed by atoms with Crippen molar-refractivity contribution in [2.45, 2.75) is 24.4 Å². The molecule has 0 radical (unpaired) electrons. The van der Waals surface area contributed by atoms with E-state index in [0.717, 1.165) is 16.0 Å². The molecule has 144 valence electrons. The summed E-state index contributed by atoms with van der Waals surface area (Å²) in [4.78, 5) is 21.7. The molecule has 0 fully saturated rings. The van der Waals surface area contributed by atoms with Crippen LogP contribution >= 0.6 is 0 Å². The van der Waals surface area contributed by atoms with E-state index in [1.54, 1.807) is 30.7 Å². The Morgan fingerprint density at radius 2 is 1.82 bits per heavy atom. The number of carbonyl (C=O) groups excluding carboxylic acids is 1. The molecule has 2 aromatic carbocycles. The monoisotopic (exact) mass is 394 g/mol. The van der Waals surface area contributed by atoms with E-state index in [1.807, 2.05) is 49.4 Å². The number of rotatable bonds is 7. The largest absolute Gasteiger partial charge is 0.612 e. The topological polar surface area (TPSA) is 90.0 Å². The Bertz CT molecular complexity index is 917. The first kappa shape index (κ1) is 19.9. The van der Waals surface area contributed by atoms with Gasteiger partial charge in [-0.1, -0.05) is 42.5 Å². The van der Waals surface area contributed by atoms with Crippen molar-refractivity contribution in [2.75, 3.05) is 11.6 Å². The van der Waals surface area contributed by atoms with Gasteiger partial charge in [-0.25, -0.2) is 9.97 Å². The molecule has 28 heavy (non-hydrogen) atoms. The van der Waals surface area contributed by atoms with Crippen LogP contribution in [-0.2, 0) is 17.7 Å². The third-order valence-corrected chi connectivity index (χ3v) is 5.18. The molecule has 0 saturated heterocycles. The number of anilines is 1. The first-order valence-corrected chi connectivity index (χ1v) is 10.4. The maximum absolute atomic E-state index is 12.4. The zero-order chi connectivity index (χ0) is 19.9. The van der Waals surface area contributed by atoms with E-state index in [9.17, 15) is 9.35 Å². The van der Waals surface area contributed by atoms with Crippen molar-refractivity contribution in [3.05, 3.63) is 83.7 Å². The Hall–Kier alpha value is -2.90. The summed E-state index contributed by atoms with van der Waals surface area (Å²) < 4.78 is 11.4. The fourth-order valence-electron chi connectivity index (χ4n) is 2.65. The quantitative estimate of drug-likeness (QED) is 0.600. The summed E-state index contributed by atoms with van der Waals surface area (Å²) in [5.41, 5.74) is 2.33. The zero-order valence-electron chi connectivity index (χ0n) is 15.8. The summed E-state index contributed by atoms with van der Waals surface area (Å²) in [6.07, 6.45) is 3.20. The highest BCUT2D eigenvalue weighted by atomic mass is 32.2. The third kappa shape index (κ3) is 5.31. The molecule has 1 amide bonds. The molecule has 2 N–H and O–H groups in total. The smallest absolute Gasteiger partial charge is 0.270 e. The average Bonchev–Trinajstić information content (AvgIpc) is 2.73. The van der Waals surface area contributed by atoms with Gasteiger partial charge in [0.1, 0.15) is 11.9 Å². The molecule has 0 aliphatic rings. The molecule has 3 aromatic rings. The number of aromatic nitrogens is 2. The Kier molecular flexibility index (Phi) is 6.62. The van der Waals surface area contributed by atoms with Gasteiger partial charge >= 0.3 is 0 Å². The minimum atomic E-state index is -1.01. The Morgan fingerprint density at radius 3 is 2.50 bits per heavy atom. The van der Waals surface area contributed by atoms with Crippen LogP contribution in [-0.4, -0.2) is 26.7 Å². The van der Waals surface area contributed by atoms with Crippen LogP contribution in [0.4, 0.5) is 5.95 Å². The molecule has 1 unspecified atom stereocenters. The molecular weight excluding hydrogens is 372 g/mol. The lowest BCUT2D eigenvalue weighted by atomic mass is 10.1. The minimum absolute atomic E-state index is 0.0159. The lowest BCUT2D eigenvalue weighted by Gasteiger charge is -2.14. The number of amides is 1. The van der Waals surface area contributed by atoms with Crippen LogP contribution in [0.2, 0.25) is 0 Å². The third-order valence-electron chi connectivity index (χ3n) is 4.24. The maximum atomic E-state index is 12.4. The van der Waals surface area contributed by atoms with Crippen LogP contribution in [0, 0.1) is 0 Å². The molecule has 0 aliphatic heterocycles. The van der Waals surface area contributed by atoms with Crippen molar-refractivity contribution in [2.24, 2.45) is 0 Å². The van der Waals surface area contributed by atoms with Crippen LogP contribution in [0.1, 0.15) is 34.6 Å². The maximum Gasteiger partial charge on any atom is 0.270 e. The molecule has 0 aliphatic carbocycles. The van der Waals surface area contributed by atoms with Crippen LogP contribution in [0.3, 0.4) is 0 Å². The van der Waals surface area contributed by atoms with Crippen molar-refractivity contribution in [3.63, 3.8) is 0 Å². The van der Waals surface area contributed by atoms with Crippen molar-refractivity contribution < 1.29 is 9.35 Å². The van der Waals surface area contributed by atoms with Gasteiger partial charge < -0.3 is 15.2 Å². The Labute approximate surface area is 167 Å². The van der Waals surface area contributed by atoms with Crippen molar-refractivity contribution in [3.8, 4) is 0 Å². The normalized spacial score (nSPS) is 12.8. The highest BCUT2D eigenvalue weighted by Gasteiger charge is 2.11. The fraction of sp³-hybridized carbons (Fsp3) is 0.190. The van der Waals surface area contributed by atoms with Crippen molar-refractivity contribution in [1.82, 2.24) is 15.3 Å². The Balaban J connectivity index is 1.60. The second-order valence-corrected chi connectivity index (χ2v) is 7.70. The van der Waals surface area contributed by atoms with Gasteiger partial charge in [-0.05, 0) is 47.4 Å². The van der Waals surface area contributed by atoms with E-state index in [1.165, 1.54) is 0 Å². The number of carbonyl (C=O) groups is 1. The van der Waals surface area contributed by atoms with Crippen LogP contribution in [0.25, 0.3) is 0 Å². The standard InChI is InChI=1S/C21H22N4O2S/c1-15(17-6-4-3-5-7-17)24-21-22-13-12-19(25-21)20(26)23-14-16-8-10-18(11-9-16)28(2)27/h3-13,15H,14H2,1-2H3,(H,23,26)(H,22,24,25)/t15-,28?/m0/s1. The van der Waals surface area contributed by atoms with E-state index < -0.39 is 11.2 Å². The van der Waals surface area contributed by atoms with Crippen LogP contribution < -0.4 is 10.6 Å². The van der Waals surface area contributed by atoms with E-state index in [4.69, 9.17) is 0 Å². The Morgan fingerprint density at radius 1 is 1.11 bits per heavy atom. The minimum Gasteiger partial charge on any atom is -0.612 e. The molecule has 0 saturated carbocycles. The summed E-state index contributed by atoms with van der Waals surface area (Å²) in [5.74, 6) is 0.125. The molecule has 0 bridgehead atoms. The highest BCUT2D eigenvalue weighted by molar-refractivity contribution is 7.90.